The van der Waals surface area contributed by atoms with Crippen LogP contribution >= 0.6 is 15.9 Å². The van der Waals surface area contributed by atoms with Gasteiger partial charge in [0.25, 0.3) is 5.91 Å². The Morgan fingerprint density at radius 1 is 1.12 bits per heavy atom. The van der Waals surface area contributed by atoms with Gasteiger partial charge in [-0.2, -0.15) is 0 Å². The van der Waals surface area contributed by atoms with Crippen LogP contribution in [0.2, 0.25) is 0 Å². The van der Waals surface area contributed by atoms with Gasteiger partial charge in [0.15, 0.2) is 6.10 Å². The molecule has 1 atom stereocenters. The Morgan fingerprint density at radius 2 is 1.83 bits per heavy atom. The Kier molecular flexibility index (Phi) is 6.32. The summed E-state index contributed by atoms with van der Waals surface area (Å²) in [6.07, 6.45) is 2.09. The van der Waals surface area contributed by atoms with E-state index < -0.39 is 12.1 Å². The number of anilines is 1. The first-order valence-electron chi connectivity index (χ1n) is 7.44. The third kappa shape index (κ3) is 5.06. The van der Waals surface area contributed by atoms with Gasteiger partial charge in [-0.3, -0.25) is 4.79 Å². The van der Waals surface area contributed by atoms with Crippen molar-refractivity contribution >= 4 is 39.6 Å². The number of rotatable bonds is 5. The lowest BCUT2D eigenvalue weighted by Crippen LogP contribution is -2.37. The molecule has 0 saturated carbocycles. The molecule has 2 aromatic carbocycles. The van der Waals surface area contributed by atoms with E-state index in [4.69, 9.17) is 4.74 Å². The maximum absolute atomic E-state index is 12.3. The molecule has 0 aliphatic carbocycles. The first-order chi connectivity index (χ1) is 11.5. The van der Waals surface area contributed by atoms with Crippen LogP contribution < -0.4 is 4.90 Å². The fraction of sp³-hybridized carbons (Fsp3) is 0.158. The molecule has 5 heteroatoms. The van der Waals surface area contributed by atoms with Crippen molar-refractivity contribution in [3.63, 3.8) is 0 Å². The van der Waals surface area contributed by atoms with Crippen LogP contribution in [0.15, 0.2) is 65.1 Å². The second-order valence-electron chi connectivity index (χ2n) is 5.20. The fourth-order valence-corrected chi connectivity index (χ4v) is 2.51. The number of ether oxygens (including phenoxy) is 1. The van der Waals surface area contributed by atoms with Crippen LogP contribution in [-0.4, -0.2) is 25.0 Å². The molecule has 4 nitrogen and oxygen atoms in total. The van der Waals surface area contributed by atoms with Gasteiger partial charge in [-0.1, -0.05) is 46.3 Å². The molecule has 1 amide bonds. The number of esters is 1. The average molecular weight is 388 g/mol. The smallest absolute Gasteiger partial charge is 0.331 e. The van der Waals surface area contributed by atoms with Gasteiger partial charge in [-0.15, -0.1) is 0 Å². The highest BCUT2D eigenvalue weighted by molar-refractivity contribution is 9.10. The van der Waals surface area contributed by atoms with Crippen LogP contribution in [0.3, 0.4) is 0 Å². The quantitative estimate of drug-likeness (QED) is 0.573. The molecule has 0 spiro atoms. The molecule has 0 bridgehead atoms. The predicted molar refractivity (Wildman–Crippen MR) is 98.6 cm³/mol. The maximum atomic E-state index is 12.3. The second-order valence-corrected chi connectivity index (χ2v) is 6.12. The molecular weight excluding hydrogens is 370 g/mol. The summed E-state index contributed by atoms with van der Waals surface area (Å²) in [6.45, 7) is 1.56. The van der Waals surface area contributed by atoms with Gasteiger partial charge in [-0.25, -0.2) is 4.79 Å². The van der Waals surface area contributed by atoms with E-state index in [0.717, 1.165) is 15.7 Å². The Morgan fingerprint density at radius 3 is 2.50 bits per heavy atom. The molecular formula is C19H18BrNO3. The van der Waals surface area contributed by atoms with E-state index in [-0.39, 0.29) is 5.91 Å². The molecule has 24 heavy (non-hydrogen) atoms. The molecule has 0 N–H and O–H groups in total. The van der Waals surface area contributed by atoms with E-state index in [9.17, 15) is 9.59 Å². The van der Waals surface area contributed by atoms with Gasteiger partial charge in [0.2, 0.25) is 0 Å². The molecule has 0 fully saturated rings. The van der Waals surface area contributed by atoms with Crippen molar-refractivity contribution in [3.8, 4) is 0 Å². The molecule has 0 saturated heterocycles. The number of benzene rings is 2. The van der Waals surface area contributed by atoms with Crippen LogP contribution in [0, 0.1) is 0 Å². The van der Waals surface area contributed by atoms with Crippen molar-refractivity contribution in [2.45, 2.75) is 13.0 Å². The molecule has 124 valence electrons. The summed E-state index contributed by atoms with van der Waals surface area (Å²) < 4.78 is 6.10. The largest absolute Gasteiger partial charge is 0.449 e. The Hall–Kier alpha value is -2.40. The van der Waals surface area contributed by atoms with Gasteiger partial charge in [-0.05, 0) is 42.8 Å². The molecule has 0 radical (unpaired) electrons. The highest BCUT2D eigenvalue weighted by Crippen LogP contribution is 2.14. The molecule has 0 heterocycles. The lowest BCUT2D eigenvalue weighted by atomic mass is 10.2. The highest BCUT2D eigenvalue weighted by atomic mass is 79.9. The van der Waals surface area contributed by atoms with Gasteiger partial charge in [0.05, 0.1) is 0 Å². The van der Waals surface area contributed by atoms with Gasteiger partial charge in [0, 0.05) is 23.3 Å². The fourth-order valence-electron chi connectivity index (χ4n) is 2.09. The minimum Gasteiger partial charge on any atom is -0.449 e. The lowest BCUT2D eigenvalue weighted by Gasteiger charge is -2.21. The molecule has 2 rings (SSSR count). The van der Waals surface area contributed by atoms with Crippen LogP contribution in [0.1, 0.15) is 12.5 Å². The van der Waals surface area contributed by atoms with Crippen LogP contribution in [0.5, 0.6) is 0 Å². The molecule has 2 aromatic rings. The summed E-state index contributed by atoms with van der Waals surface area (Å²) >= 11 is 3.37. The normalized spacial score (nSPS) is 12.0. The summed E-state index contributed by atoms with van der Waals surface area (Å²) in [5, 5.41) is 0. The monoisotopic (exact) mass is 387 g/mol. The number of nitrogens with zero attached hydrogens (tertiary/aromatic N) is 1. The zero-order valence-corrected chi connectivity index (χ0v) is 15.1. The third-order valence-electron chi connectivity index (χ3n) is 3.38. The Labute approximate surface area is 149 Å². The molecule has 0 aliphatic heterocycles. The number of likely N-dealkylation sites (N-methyl/N-ethyl adjacent to an activating group) is 1. The van der Waals surface area contributed by atoms with Gasteiger partial charge >= 0.3 is 5.97 Å². The highest BCUT2D eigenvalue weighted by Gasteiger charge is 2.21. The van der Waals surface area contributed by atoms with E-state index >= 15 is 0 Å². The van der Waals surface area contributed by atoms with E-state index in [1.807, 2.05) is 54.6 Å². The Balaban J connectivity index is 1.94. The zero-order chi connectivity index (χ0) is 17.5. The van der Waals surface area contributed by atoms with E-state index in [1.54, 1.807) is 20.0 Å². The zero-order valence-electron chi connectivity index (χ0n) is 13.5. The second kappa shape index (κ2) is 8.45. The number of para-hydroxylation sites is 1. The van der Waals surface area contributed by atoms with Crippen LogP contribution in [0.4, 0.5) is 5.69 Å². The number of hydrogen-bond donors (Lipinski definition) is 0. The van der Waals surface area contributed by atoms with Crippen LogP contribution in [-0.2, 0) is 14.3 Å². The number of halogens is 1. The maximum Gasteiger partial charge on any atom is 0.331 e. The lowest BCUT2D eigenvalue weighted by molar-refractivity contribution is -0.148. The SMILES string of the molecule is C[C@H](OC(=O)/C=C/c1cccc(Br)c1)C(=O)N(C)c1ccccc1. The first-order valence-corrected chi connectivity index (χ1v) is 8.23. The van der Waals surface area contributed by atoms with Gasteiger partial charge in [0.1, 0.15) is 0 Å². The summed E-state index contributed by atoms with van der Waals surface area (Å²) in [5.41, 5.74) is 1.61. The number of carbonyl (C=O) groups is 2. The molecule has 0 aromatic heterocycles. The van der Waals surface area contributed by atoms with Crippen molar-refractivity contribution in [1.82, 2.24) is 0 Å². The summed E-state index contributed by atoms with van der Waals surface area (Å²) in [5.74, 6) is -0.845. The van der Waals surface area contributed by atoms with Gasteiger partial charge < -0.3 is 9.64 Å². The van der Waals surface area contributed by atoms with Crippen molar-refractivity contribution in [1.29, 1.82) is 0 Å². The number of carbonyl (C=O) groups excluding carboxylic acids is 2. The minimum absolute atomic E-state index is 0.287. The van der Waals surface area contributed by atoms with Crippen molar-refractivity contribution in [3.05, 3.63) is 70.7 Å². The average Bonchev–Trinajstić information content (AvgIpc) is 2.59. The number of hydrogen-bond acceptors (Lipinski definition) is 3. The summed E-state index contributed by atoms with van der Waals surface area (Å²) in [4.78, 5) is 25.7. The van der Waals surface area contributed by atoms with E-state index in [0.29, 0.717) is 0 Å². The summed E-state index contributed by atoms with van der Waals surface area (Å²) in [6, 6.07) is 16.7. The molecule has 0 unspecified atom stereocenters. The van der Waals surface area contributed by atoms with Crippen molar-refractivity contribution < 1.29 is 14.3 Å². The Bertz CT molecular complexity index is 743. The minimum atomic E-state index is -0.866. The standard InChI is InChI=1S/C19H18BrNO3/c1-14(19(23)21(2)17-9-4-3-5-10-17)24-18(22)12-11-15-7-6-8-16(20)13-15/h3-14H,1-2H3/b12-11+/t14-/m0/s1. The molecule has 0 aliphatic rings. The third-order valence-corrected chi connectivity index (χ3v) is 3.87. The van der Waals surface area contributed by atoms with E-state index in [1.165, 1.54) is 11.0 Å². The van der Waals surface area contributed by atoms with E-state index in [2.05, 4.69) is 15.9 Å². The van der Waals surface area contributed by atoms with Crippen molar-refractivity contribution in [2.24, 2.45) is 0 Å². The number of amides is 1. The first kappa shape index (κ1) is 17.9. The van der Waals surface area contributed by atoms with Crippen molar-refractivity contribution in [2.75, 3.05) is 11.9 Å². The predicted octanol–water partition coefficient (Wildman–Crippen LogP) is 4.06. The van der Waals surface area contributed by atoms with Crippen LogP contribution in [0.25, 0.3) is 6.08 Å². The summed E-state index contributed by atoms with van der Waals surface area (Å²) in [7, 11) is 1.65. The topological polar surface area (TPSA) is 46.6 Å².